The molecule has 1 fully saturated rings. The molecule has 0 bridgehead atoms. The van der Waals surface area contributed by atoms with Gasteiger partial charge in [0.25, 0.3) is 0 Å². The first-order valence-corrected chi connectivity index (χ1v) is 11.2. The molecule has 0 aliphatic heterocycles. The Balaban J connectivity index is 1.74. The maximum atomic E-state index is 12.8. The zero-order valence-electron chi connectivity index (χ0n) is 19.0. The topological polar surface area (TPSA) is 76.0 Å². The first-order chi connectivity index (χ1) is 15.4. The molecule has 1 saturated carbocycles. The zero-order valence-corrected chi connectivity index (χ0v) is 19.0. The molecule has 0 amide bonds. The number of esters is 1. The summed E-state index contributed by atoms with van der Waals surface area (Å²) in [6.45, 7) is 6.02. The van der Waals surface area contributed by atoms with Gasteiger partial charge in [0.1, 0.15) is 17.6 Å². The summed E-state index contributed by atoms with van der Waals surface area (Å²) in [4.78, 5) is 12.8. The van der Waals surface area contributed by atoms with Gasteiger partial charge in [-0.1, -0.05) is 33.1 Å². The molecule has 170 valence electrons. The van der Waals surface area contributed by atoms with Gasteiger partial charge in [0.15, 0.2) is 0 Å². The number of terminal acetylenes is 1. The molecule has 0 aromatic heterocycles. The minimum Gasteiger partial charge on any atom is -0.458 e. The lowest BCUT2D eigenvalue weighted by molar-refractivity contribution is -0.0174. The molecule has 5 heteroatoms. The van der Waals surface area contributed by atoms with Crippen LogP contribution in [0.15, 0.2) is 36.4 Å². The maximum Gasteiger partial charge on any atom is 0.338 e. The van der Waals surface area contributed by atoms with Crippen molar-refractivity contribution in [3.63, 3.8) is 0 Å². The quantitative estimate of drug-likeness (QED) is 0.469. The van der Waals surface area contributed by atoms with Crippen LogP contribution in [0.2, 0.25) is 0 Å². The highest BCUT2D eigenvalue weighted by Gasteiger charge is 2.33. The lowest BCUT2D eigenvalue weighted by Gasteiger charge is -2.36. The van der Waals surface area contributed by atoms with E-state index in [0.29, 0.717) is 51.5 Å². The Morgan fingerprint density at radius 3 is 2.28 bits per heavy atom. The second-order valence-corrected chi connectivity index (χ2v) is 8.98. The van der Waals surface area contributed by atoms with Crippen LogP contribution in [0.5, 0.6) is 11.5 Å². The van der Waals surface area contributed by atoms with Crippen molar-refractivity contribution >= 4 is 5.97 Å². The average molecular weight is 437 g/mol. The zero-order chi connectivity index (χ0) is 23.3. The summed E-state index contributed by atoms with van der Waals surface area (Å²) < 4.78 is 11.8. The summed E-state index contributed by atoms with van der Waals surface area (Å²) in [6, 6.07) is 9.99. The number of aliphatic hydroxyl groups excluding tert-OH is 2. The van der Waals surface area contributed by atoms with Crippen molar-refractivity contribution in [3.8, 4) is 23.8 Å². The van der Waals surface area contributed by atoms with Crippen LogP contribution in [0.25, 0.3) is 0 Å². The molecule has 2 N–H and O–H groups in total. The normalized spacial score (nSPS) is 20.6. The lowest BCUT2D eigenvalue weighted by Crippen LogP contribution is -2.35. The van der Waals surface area contributed by atoms with Crippen molar-refractivity contribution < 1.29 is 24.5 Å². The van der Waals surface area contributed by atoms with E-state index in [9.17, 15) is 15.0 Å². The maximum absolute atomic E-state index is 12.8. The predicted molar refractivity (Wildman–Crippen MR) is 123 cm³/mol. The van der Waals surface area contributed by atoms with Crippen LogP contribution in [-0.4, -0.2) is 22.3 Å². The Labute approximate surface area is 190 Å². The molecule has 1 aliphatic carbocycles. The second kappa shape index (κ2) is 10.7. The number of carbonyl (C=O) groups excluding carboxylic acids is 1. The van der Waals surface area contributed by atoms with Crippen molar-refractivity contribution in [1.29, 1.82) is 0 Å². The van der Waals surface area contributed by atoms with Gasteiger partial charge < -0.3 is 19.7 Å². The molecule has 0 unspecified atom stereocenters. The third-order valence-electron chi connectivity index (χ3n) is 6.28. The molecule has 0 saturated heterocycles. The third-order valence-corrected chi connectivity index (χ3v) is 6.28. The summed E-state index contributed by atoms with van der Waals surface area (Å²) >= 11 is 0. The van der Waals surface area contributed by atoms with E-state index in [0.717, 1.165) is 12.8 Å². The Bertz CT molecular complexity index is 946. The molecular weight excluding hydrogens is 404 g/mol. The number of benzene rings is 2. The van der Waals surface area contributed by atoms with Crippen LogP contribution in [0.3, 0.4) is 0 Å². The van der Waals surface area contributed by atoms with Crippen LogP contribution in [0.1, 0.15) is 67.1 Å². The van der Waals surface area contributed by atoms with Crippen LogP contribution in [0.4, 0.5) is 0 Å². The number of hydrogen-bond acceptors (Lipinski definition) is 5. The van der Waals surface area contributed by atoms with Crippen molar-refractivity contribution in [1.82, 2.24) is 0 Å². The Morgan fingerprint density at radius 1 is 1.12 bits per heavy atom. The smallest absolute Gasteiger partial charge is 0.338 e. The number of carbonyl (C=O) groups is 1. The van der Waals surface area contributed by atoms with Gasteiger partial charge in [-0.15, -0.1) is 6.42 Å². The monoisotopic (exact) mass is 436 g/mol. The van der Waals surface area contributed by atoms with E-state index in [1.807, 2.05) is 0 Å². The number of rotatable bonds is 7. The molecule has 3 atom stereocenters. The molecule has 2 aromatic carbocycles. The summed E-state index contributed by atoms with van der Waals surface area (Å²) in [5.41, 5.74) is 1.99. The van der Waals surface area contributed by atoms with Crippen LogP contribution in [-0.2, 0) is 18.0 Å². The van der Waals surface area contributed by atoms with Crippen molar-refractivity contribution in [3.05, 3.63) is 58.7 Å². The summed E-state index contributed by atoms with van der Waals surface area (Å²) in [7, 11) is 0. The van der Waals surface area contributed by atoms with Gasteiger partial charge >= 0.3 is 5.97 Å². The molecule has 2 aromatic rings. The summed E-state index contributed by atoms with van der Waals surface area (Å²) in [6.07, 6.45) is 8.55. The Morgan fingerprint density at radius 2 is 1.75 bits per heavy atom. The number of hydrogen-bond donors (Lipinski definition) is 2. The van der Waals surface area contributed by atoms with Gasteiger partial charge in [0.2, 0.25) is 0 Å². The molecule has 0 heterocycles. The first kappa shape index (κ1) is 23.8. The molecule has 32 heavy (non-hydrogen) atoms. The fourth-order valence-corrected chi connectivity index (χ4v) is 4.44. The highest BCUT2D eigenvalue weighted by atomic mass is 16.5. The lowest BCUT2D eigenvalue weighted by atomic mass is 9.75. The van der Waals surface area contributed by atoms with Gasteiger partial charge in [-0.05, 0) is 67.0 Å². The fraction of sp³-hybridized carbons (Fsp3) is 0.444. The number of ether oxygens (including phenoxy) is 2. The van der Waals surface area contributed by atoms with E-state index in [-0.39, 0.29) is 25.3 Å². The largest absolute Gasteiger partial charge is 0.458 e. The predicted octanol–water partition coefficient (Wildman–Crippen LogP) is 5.06. The van der Waals surface area contributed by atoms with Crippen molar-refractivity contribution in [2.75, 3.05) is 0 Å². The Kier molecular flexibility index (Phi) is 7.95. The van der Waals surface area contributed by atoms with Gasteiger partial charge in [-0.25, -0.2) is 4.79 Å². The van der Waals surface area contributed by atoms with E-state index >= 15 is 0 Å². The minimum absolute atomic E-state index is 0.0592. The SMILES string of the molecule is C#Cc1cc(CO)c(Oc2ccc(C(=O)O[C@@H]3C[C@H](C)CC[C@H]3C(C)C)cc2)c(CO)c1. The molecule has 5 nitrogen and oxygen atoms in total. The molecular formula is C27H32O5. The minimum atomic E-state index is -0.327. The second-order valence-electron chi connectivity index (χ2n) is 8.98. The average Bonchev–Trinajstić information content (AvgIpc) is 2.79. The van der Waals surface area contributed by atoms with E-state index in [1.54, 1.807) is 36.4 Å². The Hall–Kier alpha value is -2.81. The summed E-state index contributed by atoms with van der Waals surface area (Å²) in [5.74, 6) is 4.43. The fourth-order valence-electron chi connectivity index (χ4n) is 4.44. The van der Waals surface area contributed by atoms with Crippen LogP contribution >= 0.6 is 0 Å². The standard InChI is InChI=1S/C27H32O5/c1-5-19-13-21(15-28)26(22(14-19)16-29)31-23-9-7-20(8-10-23)27(30)32-25-12-18(4)6-11-24(25)17(2)3/h1,7-10,13-14,17-18,24-25,28-29H,6,11-12,15-16H2,2-4H3/t18-,24+,25-/m1/s1. The molecule has 0 spiro atoms. The van der Waals surface area contributed by atoms with Gasteiger partial charge in [0.05, 0.1) is 18.8 Å². The van der Waals surface area contributed by atoms with Gasteiger partial charge in [-0.2, -0.15) is 0 Å². The van der Waals surface area contributed by atoms with Crippen LogP contribution < -0.4 is 4.74 Å². The van der Waals surface area contributed by atoms with Gasteiger partial charge in [0, 0.05) is 16.7 Å². The molecule has 3 rings (SSSR count). The van der Waals surface area contributed by atoms with E-state index in [1.165, 1.54) is 6.42 Å². The van der Waals surface area contributed by atoms with E-state index in [2.05, 4.69) is 26.7 Å². The van der Waals surface area contributed by atoms with Crippen LogP contribution in [0, 0.1) is 30.1 Å². The highest BCUT2D eigenvalue weighted by molar-refractivity contribution is 5.89. The van der Waals surface area contributed by atoms with Gasteiger partial charge in [-0.3, -0.25) is 0 Å². The highest BCUT2D eigenvalue weighted by Crippen LogP contribution is 2.36. The van der Waals surface area contributed by atoms with E-state index < -0.39 is 0 Å². The molecule has 1 aliphatic rings. The first-order valence-electron chi connectivity index (χ1n) is 11.2. The number of aliphatic hydroxyl groups is 2. The van der Waals surface area contributed by atoms with Crippen molar-refractivity contribution in [2.24, 2.45) is 17.8 Å². The van der Waals surface area contributed by atoms with E-state index in [4.69, 9.17) is 15.9 Å². The van der Waals surface area contributed by atoms with Crippen molar-refractivity contribution in [2.45, 2.75) is 59.4 Å². The summed E-state index contributed by atoms with van der Waals surface area (Å²) in [5, 5.41) is 19.4. The third kappa shape index (κ3) is 5.51. The molecule has 0 radical (unpaired) electrons.